The molecule has 2 nitrogen and oxygen atoms in total. The van der Waals surface area contributed by atoms with Crippen molar-refractivity contribution in [3.8, 4) is 0 Å². The Kier molecular flexibility index (Phi) is 1.29. The Hall–Kier alpha value is -0.0800. The summed E-state index contributed by atoms with van der Waals surface area (Å²) in [5.41, 5.74) is 0. The number of rotatable bonds is 1. The lowest BCUT2D eigenvalue weighted by Crippen LogP contribution is -2.55. The van der Waals surface area contributed by atoms with Crippen LogP contribution in [0.25, 0.3) is 0 Å². The predicted octanol–water partition coefficient (Wildman–Crippen LogP) is 0.810. The van der Waals surface area contributed by atoms with Crippen LogP contribution in [0.2, 0.25) is 0 Å². The first-order valence-electron chi connectivity index (χ1n) is 2.86. The maximum Gasteiger partial charge on any atom is 0.114 e. The quantitative estimate of drug-likeness (QED) is 0.504. The molecule has 0 spiro atoms. The Balaban J connectivity index is 2.42. The lowest BCUT2D eigenvalue weighted by Gasteiger charge is -2.43. The lowest BCUT2D eigenvalue weighted by molar-refractivity contribution is -0.233. The molecule has 1 fully saturated rings. The van der Waals surface area contributed by atoms with Gasteiger partial charge in [-0.1, -0.05) is 0 Å². The molecule has 48 valence electrons. The maximum absolute atomic E-state index is 5.16. The fourth-order valence-corrected chi connectivity index (χ4v) is 0.710. The summed E-state index contributed by atoms with van der Waals surface area (Å²) in [6, 6.07) is 0. The highest BCUT2D eigenvalue weighted by Gasteiger charge is 2.41. The first-order chi connectivity index (χ1) is 3.69. The zero-order valence-corrected chi connectivity index (χ0v) is 5.60. The van der Waals surface area contributed by atoms with Crippen LogP contribution in [0.5, 0.6) is 0 Å². The largest absolute Gasteiger partial charge is 0.373 e. The highest BCUT2D eigenvalue weighted by Crippen LogP contribution is 2.27. The molecule has 2 heteroatoms. The third-order valence-corrected chi connectivity index (χ3v) is 1.95. The average molecular weight is 116 g/mol. The maximum atomic E-state index is 5.16. The average Bonchev–Trinajstić information content (AvgIpc) is 1.83. The third-order valence-electron chi connectivity index (χ3n) is 1.95. The fourth-order valence-electron chi connectivity index (χ4n) is 0.710. The van der Waals surface area contributed by atoms with Crippen LogP contribution in [-0.4, -0.2) is 25.4 Å². The molecule has 1 saturated heterocycles. The Labute approximate surface area is 49.8 Å². The van der Waals surface area contributed by atoms with E-state index >= 15 is 0 Å². The van der Waals surface area contributed by atoms with Crippen LogP contribution < -0.4 is 0 Å². The molecule has 2 atom stereocenters. The Morgan fingerprint density at radius 3 is 2.38 bits per heavy atom. The molecule has 0 amide bonds. The summed E-state index contributed by atoms with van der Waals surface area (Å²) < 4.78 is 10.3. The third kappa shape index (κ3) is 0.644. The second-order valence-electron chi connectivity index (χ2n) is 2.47. The SMILES string of the molecule is COC1(C)COC1C. The molecule has 0 bridgehead atoms. The van der Waals surface area contributed by atoms with E-state index < -0.39 is 0 Å². The molecule has 0 saturated carbocycles. The van der Waals surface area contributed by atoms with Crippen molar-refractivity contribution in [1.29, 1.82) is 0 Å². The minimum absolute atomic E-state index is 0. The van der Waals surface area contributed by atoms with Crippen LogP contribution >= 0.6 is 0 Å². The summed E-state index contributed by atoms with van der Waals surface area (Å²) in [4.78, 5) is 0. The minimum Gasteiger partial charge on any atom is -0.373 e. The van der Waals surface area contributed by atoms with Crippen molar-refractivity contribution in [3.63, 3.8) is 0 Å². The number of methoxy groups -OCH3 is 1. The number of ether oxygens (including phenoxy) is 2. The first kappa shape index (κ1) is 6.05. The van der Waals surface area contributed by atoms with Crippen molar-refractivity contribution in [3.05, 3.63) is 0 Å². The monoisotopic (exact) mass is 116 g/mol. The molecule has 1 heterocycles. The van der Waals surface area contributed by atoms with Crippen molar-refractivity contribution in [2.45, 2.75) is 25.6 Å². The van der Waals surface area contributed by atoms with Crippen molar-refractivity contribution in [1.82, 2.24) is 0 Å². The van der Waals surface area contributed by atoms with Gasteiger partial charge in [-0.2, -0.15) is 0 Å². The van der Waals surface area contributed by atoms with Crippen LogP contribution in [0.15, 0.2) is 0 Å². The molecule has 1 aliphatic rings. The Bertz CT molecular complexity index is 88.5. The van der Waals surface area contributed by atoms with E-state index in [9.17, 15) is 0 Å². The number of hydrogen-bond donors (Lipinski definition) is 0. The minimum atomic E-state index is 0. The van der Waals surface area contributed by atoms with Gasteiger partial charge in [-0.05, 0) is 13.8 Å². The summed E-state index contributed by atoms with van der Waals surface area (Å²) >= 11 is 0. The molecule has 0 N–H and O–H groups in total. The predicted molar refractivity (Wildman–Crippen MR) is 30.8 cm³/mol. The van der Waals surface area contributed by atoms with Crippen molar-refractivity contribution >= 4 is 0 Å². The van der Waals surface area contributed by atoms with Gasteiger partial charge in [0.2, 0.25) is 0 Å². The van der Waals surface area contributed by atoms with E-state index in [1.807, 2.05) is 6.92 Å². The molecule has 1 rings (SSSR count). The number of hydrogen-bond acceptors (Lipinski definition) is 2. The van der Waals surface area contributed by atoms with Crippen LogP contribution in [0.4, 0.5) is 0 Å². The summed E-state index contributed by atoms with van der Waals surface area (Å²) in [6.07, 6.45) is 0.271. The van der Waals surface area contributed by atoms with Crippen molar-refractivity contribution in [2.75, 3.05) is 13.7 Å². The zero-order valence-electron chi connectivity index (χ0n) is 5.60. The van der Waals surface area contributed by atoms with Gasteiger partial charge in [0.05, 0.1) is 12.7 Å². The Morgan fingerprint density at radius 1 is 1.75 bits per heavy atom. The second kappa shape index (κ2) is 1.71. The van der Waals surface area contributed by atoms with Gasteiger partial charge in [-0.25, -0.2) is 0 Å². The standard InChI is InChI=1S/C6H12O2/c1-5-6(2,7-3)4-8-5/h5H,4H2,1-3H3. The van der Waals surface area contributed by atoms with Crippen molar-refractivity contribution in [2.24, 2.45) is 0 Å². The molecule has 0 aliphatic carbocycles. The van der Waals surface area contributed by atoms with Crippen LogP contribution in [0.1, 0.15) is 13.8 Å². The van der Waals surface area contributed by atoms with Gasteiger partial charge in [-0.15, -0.1) is 0 Å². The molecule has 0 radical (unpaired) electrons. The van der Waals surface area contributed by atoms with Crippen LogP contribution in [0.3, 0.4) is 0 Å². The zero-order chi connectivity index (χ0) is 6.20. The molecule has 0 aromatic carbocycles. The van der Waals surface area contributed by atoms with Gasteiger partial charge >= 0.3 is 0 Å². The van der Waals surface area contributed by atoms with Gasteiger partial charge in [0.1, 0.15) is 5.60 Å². The summed E-state index contributed by atoms with van der Waals surface area (Å²) in [5.74, 6) is 0. The first-order valence-corrected chi connectivity index (χ1v) is 2.86. The summed E-state index contributed by atoms with van der Waals surface area (Å²) in [6.45, 7) is 4.82. The normalized spacial score (nSPS) is 46.1. The molecule has 2 unspecified atom stereocenters. The van der Waals surface area contributed by atoms with E-state index in [0.717, 1.165) is 6.61 Å². The van der Waals surface area contributed by atoms with Crippen LogP contribution in [-0.2, 0) is 9.47 Å². The highest BCUT2D eigenvalue weighted by atomic mass is 16.6. The molecule has 0 aromatic heterocycles. The van der Waals surface area contributed by atoms with Gasteiger partial charge in [0.15, 0.2) is 0 Å². The topological polar surface area (TPSA) is 18.5 Å². The molecule has 1 aliphatic heterocycles. The Morgan fingerprint density at radius 2 is 2.38 bits per heavy atom. The van der Waals surface area contributed by atoms with E-state index in [2.05, 4.69) is 6.92 Å². The molecular weight excluding hydrogens is 104 g/mol. The second-order valence-corrected chi connectivity index (χ2v) is 2.47. The lowest BCUT2D eigenvalue weighted by atomic mass is 9.96. The van der Waals surface area contributed by atoms with Gasteiger partial charge in [0.25, 0.3) is 0 Å². The van der Waals surface area contributed by atoms with E-state index in [1.54, 1.807) is 7.11 Å². The fraction of sp³-hybridized carbons (Fsp3) is 1.00. The molecule has 0 aromatic rings. The smallest absolute Gasteiger partial charge is 0.114 e. The summed E-state index contributed by atoms with van der Waals surface area (Å²) in [5, 5.41) is 0. The highest BCUT2D eigenvalue weighted by molar-refractivity contribution is 4.89. The van der Waals surface area contributed by atoms with E-state index in [-0.39, 0.29) is 11.7 Å². The van der Waals surface area contributed by atoms with E-state index in [1.165, 1.54) is 0 Å². The van der Waals surface area contributed by atoms with Gasteiger partial charge in [-0.3, -0.25) is 0 Å². The molecule has 8 heavy (non-hydrogen) atoms. The molecular formula is C6H12O2. The van der Waals surface area contributed by atoms with Crippen molar-refractivity contribution < 1.29 is 9.47 Å². The van der Waals surface area contributed by atoms with E-state index in [0.29, 0.717) is 0 Å². The van der Waals surface area contributed by atoms with Gasteiger partial charge < -0.3 is 9.47 Å². The van der Waals surface area contributed by atoms with E-state index in [4.69, 9.17) is 9.47 Å². The summed E-state index contributed by atoms with van der Waals surface area (Å²) in [7, 11) is 1.72. The van der Waals surface area contributed by atoms with Gasteiger partial charge in [0, 0.05) is 7.11 Å². The van der Waals surface area contributed by atoms with Crippen LogP contribution in [0, 0.1) is 0 Å².